The molecule has 0 saturated carbocycles. The molecule has 252 valence electrons. The molecule has 52 heavy (non-hydrogen) atoms. The van der Waals surface area contributed by atoms with Crippen LogP contribution in [0, 0.1) is 94.0 Å². The van der Waals surface area contributed by atoms with Crippen LogP contribution in [-0.4, -0.2) is 0 Å². The number of nitrogens with zero attached hydrogens (tertiary/aromatic N) is 4. The molecule has 0 heterocycles. The first kappa shape index (κ1) is 33.6. The fraction of sp³-hybridized carbons (Fsp3) is 0.0526. The third-order valence-electron chi connectivity index (χ3n) is 9.11. The van der Waals surface area contributed by atoms with Crippen LogP contribution in [0.15, 0.2) is 36.4 Å². The van der Waals surface area contributed by atoms with Crippen molar-refractivity contribution in [2.75, 3.05) is 0 Å². The Morgan fingerprint density at radius 2 is 0.808 bits per heavy atom. The lowest BCUT2D eigenvalue weighted by Crippen LogP contribution is -2.25. The highest BCUT2D eigenvalue weighted by molar-refractivity contribution is 5.95. The Morgan fingerprint density at radius 1 is 0.481 bits per heavy atom. The Morgan fingerprint density at radius 3 is 1.13 bits per heavy atom. The van der Waals surface area contributed by atoms with Crippen LogP contribution in [0.5, 0.6) is 0 Å². The van der Waals surface area contributed by atoms with Crippen molar-refractivity contribution in [1.29, 1.82) is 10.5 Å². The summed E-state index contributed by atoms with van der Waals surface area (Å²) in [5.41, 5.74) is -3.55. The van der Waals surface area contributed by atoms with Crippen molar-refractivity contribution < 1.29 is 43.9 Å². The summed E-state index contributed by atoms with van der Waals surface area (Å²) in [5.74, 6) is -22.2. The molecule has 0 saturated heterocycles. The Bertz CT molecular complexity index is 2610. The Kier molecular flexibility index (Phi) is 7.66. The fourth-order valence-electron chi connectivity index (χ4n) is 6.94. The smallest absolute Gasteiger partial charge is 0.226 e. The van der Waals surface area contributed by atoms with Crippen LogP contribution in [0.2, 0.25) is 0 Å². The van der Waals surface area contributed by atoms with Crippen LogP contribution in [0.1, 0.15) is 22.3 Å². The molecule has 0 fully saturated rings. The maximum absolute atomic E-state index is 15.0. The van der Waals surface area contributed by atoms with E-state index in [4.69, 9.17) is 13.1 Å². The van der Waals surface area contributed by atoms with E-state index in [1.165, 1.54) is 12.1 Å². The average Bonchev–Trinajstić information content (AvgIpc) is 3.71. The molecule has 7 rings (SSSR count). The largest absolute Gasteiger partial charge is 0.270 e. The summed E-state index contributed by atoms with van der Waals surface area (Å²) in [6, 6.07) is 10.4. The van der Waals surface area contributed by atoms with Gasteiger partial charge in [-0.3, -0.25) is 0 Å². The van der Waals surface area contributed by atoms with E-state index in [0.717, 1.165) is 24.3 Å². The summed E-state index contributed by atoms with van der Waals surface area (Å²) >= 11 is 0. The van der Waals surface area contributed by atoms with E-state index >= 15 is 0 Å². The maximum Gasteiger partial charge on any atom is 0.270 e. The van der Waals surface area contributed by atoms with Crippen molar-refractivity contribution in [2.45, 2.75) is 12.8 Å². The second-order valence-corrected chi connectivity index (χ2v) is 11.6. The van der Waals surface area contributed by atoms with Gasteiger partial charge in [0.15, 0.2) is 46.5 Å². The zero-order valence-electron chi connectivity index (χ0n) is 25.4. The molecule has 0 amide bonds. The van der Waals surface area contributed by atoms with Crippen LogP contribution < -0.4 is 10.4 Å². The number of benzene rings is 5. The van der Waals surface area contributed by atoms with E-state index in [9.17, 15) is 54.4 Å². The van der Waals surface area contributed by atoms with E-state index in [1.807, 2.05) is 0 Å². The quantitative estimate of drug-likeness (QED) is 0.0780. The summed E-state index contributed by atoms with van der Waals surface area (Å²) < 4.78 is 145. The molecule has 0 spiro atoms. The SMILES string of the molecule is [C-]#[N+]C(C#N)=c1c2c(c(=C(C#N)[N+]#[C-])c3c1Cc1ccc(-c4c(F)c(F)c(F)c(F)c4F)cc1-3)-c1cc(-c3c(F)c(F)c(F)c(F)c3F)ccc1C2. The predicted molar refractivity (Wildman–Crippen MR) is 164 cm³/mol. The van der Waals surface area contributed by atoms with Crippen molar-refractivity contribution in [3.05, 3.63) is 150 Å². The van der Waals surface area contributed by atoms with Crippen LogP contribution >= 0.6 is 0 Å². The normalized spacial score (nSPS) is 11.8. The lowest BCUT2D eigenvalue weighted by molar-refractivity contribution is 0.381. The number of nitriles is 2. The third-order valence-corrected chi connectivity index (χ3v) is 9.11. The molecule has 5 aromatic rings. The Hall–Kier alpha value is -6.90. The topological polar surface area (TPSA) is 56.3 Å². The van der Waals surface area contributed by atoms with E-state index in [1.54, 1.807) is 12.1 Å². The standard InChI is InChI=1S/C38H10F10N4/c1-51-21(11-49)25-19-7-13-3-5-15(23-29(39)33(43)37(47)34(44)30(23)40)9-17(13)26(19)28(22(12-50)52-2)27-18-10-16(6-4-14(18)8-20(25)27)24-31(41)35(45)38(48)36(46)32(24)42/h3-6,9-10H,7-8H2. The molecule has 0 atom stereocenters. The number of hydrogen-bond acceptors (Lipinski definition) is 2. The van der Waals surface area contributed by atoms with Crippen LogP contribution in [0.4, 0.5) is 43.9 Å². The van der Waals surface area contributed by atoms with Gasteiger partial charge in [0.1, 0.15) is 0 Å². The summed E-state index contributed by atoms with van der Waals surface area (Å²) in [6.07, 6.45) is -0.192. The third kappa shape index (κ3) is 4.44. The van der Waals surface area contributed by atoms with Gasteiger partial charge in [0, 0.05) is 5.22 Å². The highest BCUT2D eigenvalue weighted by atomic mass is 19.2. The summed E-state index contributed by atoms with van der Waals surface area (Å²) in [6.45, 7) is 15.6. The van der Waals surface area contributed by atoms with Gasteiger partial charge < -0.3 is 0 Å². The molecular weight excluding hydrogens is 702 g/mol. The van der Waals surface area contributed by atoms with Gasteiger partial charge >= 0.3 is 0 Å². The molecule has 0 aliphatic heterocycles. The summed E-state index contributed by atoms with van der Waals surface area (Å²) in [5, 5.41) is 20.0. The maximum atomic E-state index is 15.0. The summed E-state index contributed by atoms with van der Waals surface area (Å²) in [4.78, 5) is 6.67. The number of halogens is 10. The van der Waals surface area contributed by atoms with E-state index in [0.29, 0.717) is 11.1 Å². The molecule has 0 N–H and O–H groups in total. The van der Waals surface area contributed by atoms with Gasteiger partial charge in [0.2, 0.25) is 11.6 Å². The second kappa shape index (κ2) is 11.9. The average molecular weight is 713 g/mol. The second-order valence-electron chi connectivity index (χ2n) is 11.6. The number of rotatable bonds is 2. The first-order valence-corrected chi connectivity index (χ1v) is 14.6. The van der Waals surface area contributed by atoms with E-state index < -0.39 is 91.8 Å². The zero-order chi connectivity index (χ0) is 37.5. The van der Waals surface area contributed by atoms with Crippen molar-refractivity contribution in [2.24, 2.45) is 0 Å². The molecule has 5 aromatic carbocycles. The lowest BCUT2D eigenvalue weighted by atomic mass is 9.89. The summed E-state index contributed by atoms with van der Waals surface area (Å²) in [7, 11) is 0. The molecule has 14 heteroatoms. The molecule has 0 bridgehead atoms. The van der Waals surface area contributed by atoms with E-state index in [2.05, 4.69) is 9.69 Å². The fourth-order valence-corrected chi connectivity index (χ4v) is 6.94. The molecule has 0 aromatic heterocycles. The monoisotopic (exact) mass is 712 g/mol. The Labute approximate surface area is 285 Å². The molecular formula is C38H10F10N4. The van der Waals surface area contributed by atoms with Crippen molar-refractivity contribution in [3.63, 3.8) is 0 Å². The van der Waals surface area contributed by atoms with E-state index in [-0.39, 0.29) is 56.7 Å². The van der Waals surface area contributed by atoms with Gasteiger partial charge in [-0.1, -0.05) is 24.3 Å². The highest BCUT2D eigenvalue weighted by Gasteiger charge is 2.34. The van der Waals surface area contributed by atoms with Crippen molar-refractivity contribution in [3.8, 4) is 56.6 Å². The van der Waals surface area contributed by atoms with Gasteiger partial charge in [-0.05, 0) is 85.8 Å². The minimum atomic E-state index is -2.39. The predicted octanol–water partition coefficient (Wildman–Crippen LogP) is 8.66. The molecule has 4 nitrogen and oxygen atoms in total. The minimum Gasteiger partial charge on any atom is -0.226 e. The van der Waals surface area contributed by atoms with Gasteiger partial charge in [-0.25, -0.2) is 64.1 Å². The van der Waals surface area contributed by atoms with Gasteiger partial charge in [0.25, 0.3) is 11.4 Å². The van der Waals surface area contributed by atoms with Crippen LogP contribution in [0.3, 0.4) is 0 Å². The first-order valence-electron chi connectivity index (χ1n) is 14.6. The van der Waals surface area contributed by atoms with Crippen LogP contribution in [0.25, 0.3) is 65.6 Å². The first-order chi connectivity index (χ1) is 24.8. The van der Waals surface area contributed by atoms with Crippen molar-refractivity contribution in [1.82, 2.24) is 0 Å². The van der Waals surface area contributed by atoms with Gasteiger partial charge in [-0.2, -0.15) is 0 Å². The van der Waals surface area contributed by atoms with Gasteiger partial charge in [0.05, 0.1) is 36.4 Å². The minimum absolute atomic E-state index is 0.0205. The molecule has 2 aliphatic carbocycles. The lowest BCUT2D eigenvalue weighted by Gasteiger charge is -2.15. The zero-order valence-corrected chi connectivity index (χ0v) is 25.4. The number of fused-ring (bicyclic) bond motifs is 6. The van der Waals surface area contributed by atoms with Gasteiger partial charge in [-0.15, -0.1) is 0 Å². The Balaban J connectivity index is 1.64. The van der Waals surface area contributed by atoms with Crippen molar-refractivity contribution >= 4 is 11.4 Å². The molecule has 0 unspecified atom stereocenters. The molecule has 2 aliphatic rings. The highest BCUT2D eigenvalue weighted by Crippen LogP contribution is 2.44. The van der Waals surface area contributed by atoms with Crippen LogP contribution in [-0.2, 0) is 12.8 Å². The number of hydrogen-bond donors (Lipinski definition) is 0. The molecule has 0 radical (unpaired) electrons.